The van der Waals surface area contributed by atoms with Gasteiger partial charge in [0.25, 0.3) is 0 Å². The fourth-order valence-electron chi connectivity index (χ4n) is 3.24. The van der Waals surface area contributed by atoms with Crippen LogP contribution in [0.1, 0.15) is 30.4 Å². The second kappa shape index (κ2) is 12.8. The van der Waals surface area contributed by atoms with Crippen LogP contribution in [-0.2, 0) is 0 Å². The minimum atomic E-state index is 0.786. The lowest BCUT2D eigenvalue weighted by Gasteiger charge is -2.16. The molecule has 0 fully saturated rings. The third kappa shape index (κ3) is 7.15. The molecule has 2 rings (SSSR count). The van der Waals surface area contributed by atoms with Gasteiger partial charge in [-0.05, 0) is 52.3 Å². The quantitative estimate of drug-likeness (QED) is 0.265. The van der Waals surface area contributed by atoms with E-state index in [4.69, 9.17) is 0 Å². The molecule has 0 atom stereocenters. The molecule has 1 aromatic carbocycles. The largest absolute Gasteiger partial charge is 0.0991 e. The van der Waals surface area contributed by atoms with Gasteiger partial charge in [-0.3, -0.25) is 0 Å². The van der Waals surface area contributed by atoms with Crippen LogP contribution in [0.2, 0.25) is 0 Å². The average Bonchev–Trinajstić information content (AvgIpc) is 2.77. The zero-order chi connectivity index (χ0) is 23.3. The summed E-state index contributed by atoms with van der Waals surface area (Å²) >= 11 is 0. The predicted molar refractivity (Wildman–Crippen MR) is 143 cm³/mol. The van der Waals surface area contributed by atoms with Crippen LogP contribution < -0.4 is 0 Å². The molecule has 1 aromatic rings. The molecule has 0 aromatic heterocycles. The lowest BCUT2D eigenvalue weighted by molar-refractivity contribution is 1.22. The highest BCUT2D eigenvalue weighted by atomic mass is 14.2. The highest BCUT2D eigenvalue weighted by Crippen LogP contribution is 2.31. The van der Waals surface area contributed by atoms with E-state index >= 15 is 0 Å². The summed E-state index contributed by atoms with van der Waals surface area (Å²) in [4.78, 5) is 0. The van der Waals surface area contributed by atoms with Gasteiger partial charge in [0.1, 0.15) is 0 Å². The molecule has 0 spiro atoms. The SMILES string of the molecule is C=C/C=C\C(=C)C(=C)C(/C=C\CC1=C/CC#CC/C=C\1)=C(/C=C)C(=C)c1ccc(C)cc1. The molecular weight excluding hydrogens is 384 g/mol. The summed E-state index contributed by atoms with van der Waals surface area (Å²) in [6, 6.07) is 8.35. The van der Waals surface area contributed by atoms with Crippen LogP contribution in [0.4, 0.5) is 0 Å². The standard InChI is InChI=1S/C32H32/c1-7-9-16-26(4)27(5)32(20-15-19-29-17-13-11-10-12-14-18-29)31(8-2)28(6)30-23-21-25(3)22-24-30/h7-9,13,15-18,20-24H,1-2,4-6,11,14,19H2,3H3/b16-9-,17-13-,20-15-,29-18+,32-31-. The first-order valence-corrected chi connectivity index (χ1v) is 10.8. The van der Waals surface area contributed by atoms with Gasteiger partial charge in [0, 0.05) is 12.8 Å². The minimum absolute atomic E-state index is 0.786. The third-order valence-electron chi connectivity index (χ3n) is 5.15. The van der Waals surface area contributed by atoms with Crippen molar-refractivity contribution < 1.29 is 0 Å². The Hall–Kier alpha value is -3.82. The lowest BCUT2D eigenvalue weighted by atomic mass is 9.88. The van der Waals surface area contributed by atoms with Gasteiger partial charge in [0.05, 0.1) is 0 Å². The summed E-state index contributed by atoms with van der Waals surface area (Å²) in [6.45, 7) is 22.8. The van der Waals surface area contributed by atoms with Crippen molar-refractivity contribution >= 4 is 5.57 Å². The molecule has 0 nitrogen and oxygen atoms in total. The van der Waals surface area contributed by atoms with Crippen molar-refractivity contribution in [2.45, 2.75) is 26.2 Å². The van der Waals surface area contributed by atoms with E-state index in [1.165, 1.54) is 11.1 Å². The van der Waals surface area contributed by atoms with Crippen molar-refractivity contribution in [1.82, 2.24) is 0 Å². The van der Waals surface area contributed by atoms with Crippen LogP contribution in [0.25, 0.3) is 5.57 Å². The molecule has 0 radical (unpaired) electrons. The van der Waals surface area contributed by atoms with Gasteiger partial charge in [-0.1, -0.05) is 129 Å². The Morgan fingerprint density at radius 3 is 2.38 bits per heavy atom. The maximum absolute atomic E-state index is 4.37. The zero-order valence-electron chi connectivity index (χ0n) is 19.2. The first kappa shape index (κ1) is 24.4. The van der Waals surface area contributed by atoms with Crippen LogP contribution in [0, 0.1) is 18.8 Å². The number of benzene rings is 1. The average molecular weight is 417 g/mol. The summed E-state index contributed by atoms with van der Waals surface area (Å²) in [5, 5.41) is 0. The molecule has 0 unspecified atom stereocenters. The molecule has 0 heterocycles. The molecule has 160 valence electrons. The third-order valence-corrected chi connectivity index (χ3v) is 5.15. The fraction of sp³-hybridized carbons (Fsp3) is 0.125. The van der Waals surface area contributed by atoms with E-state index in [9.17, 15) is 0 Å². The molecule has 0 amide bonds. The Morgan fingerprint density at radius 1 is 0.969 bits per heavy atom. The molecule has 0 heteroatoms. The highest BCUT2D eigenvalue weighted by Gasteiger charge is 2.12. The number of allylic oxidation sites excluding steroid dienone is 15. The van der Waals surface area contributed by atoms with Gasteiger partial charge < -0.3 is 0 Å². The molecule has 0 aliphatic heterocycles. The van der Waals surface area contributed by atoms with Crippen LogP contribution in [-0.4, -0.2) is 0 Å². The monoisotopic (exact) mass is 416 g/mol. The fourth-order valence-corrected chi connectivity index (χ4v) is 3.24. The zero-order valence-corrected chi connectivity index (χ0v) is 19.2. The molecular formula is C32H32. The summed E-state index contributed by atoms with van der Waals surface area (Å²) in [5.41, 5.74) is 7.97. The van der Waals surface area contributed by atoms with E-state index in [-0.39, 0.29) is 0 Å². The Bertz CT molecular complexity index is 1110. The maximum atomic E-state index is 4.37. The van der Waals surface area contributed by atoms with Crippen LogP contribution in [0.15, 0.2) is 140 Å². The van der Waals surface area contributed by atoms with Crippen LogP contribution in [0.5, 0.6) is 0 Å². The van der Waals surface area contributed by atoms with Crippen LogP contribution in [0.3, 0.4) is 0 Å². The van der Waals surface area contributed by atoms with Crippen molar-refractivity contribution in [2.75, 3.05) is 0 Å². The van der Waals surface area contributed by atoms with Crippen molar-refractivity contribution in [2.24, 2.45) is 0 Å². The van der Waals surface area contributed by atoms with Gasteiger partial charge in [0.15, 0.2) is 0 Å². The molecule has 32 heavy (non-hydrogen) atoms. The predicted octanol–water partition coefficient (Wildman–Crippen LogP) is 8.57. The first-order valence-electron chi connectivity index (χ1n) is 10.8. The summed E-state index contributed by atoms with van der Waals surface area (Å²) in [5.74, 6) is 6.27. The molecule has 0 saturated carbocycles. The highest BCUT2D eigenvalue weighted by molar-refractivity contribution is 5.84. The van der Waals surface area contributed by atoms with E-state index in [2.05, 4.69) is 106 Å². The topological polar surface area (TPSA) is 0 Å². The molecule has 1 aliphatic carbocycles. The number of rotatable bonds is 10. The first-order chi connectivity index (χ1) is 15.5. The van der Waals surface area contributed by atoms with E-state index in [1.807, 2.05) is 18.2 Å². The summed E-state index contributed by atoms with van der Waals surface area (Å²) < 4.78 is 0. The van der Waals surface area contributed by atoms with E-state index in [1.54, 1.807) is 6.08 Å². The molecule has 0 N–H and O–H groups in total. The van der Waals surface area contributed by atoms with Crippen molar-refractivity contribution in [1.29, 1.82) is 0 Å². The smallest absolute Gasteiger partial charge is 0.0275 e. The van der Waals surface area contributed by atoms with E-state index in [0.717, 1.165) is 52.7 Å². The summed E-state index contributed by atoms with van der Waals surface area (Å²) in [7, 11) is 0. The van der Waals surface area contributed by atoms with Gasteiger partial charge in [0.2, 0.25) is 0 Å². The Morgan fingerprint density at radius 2 is 1.69 bits per heavy atom. The molecule has 0 bridgehead atoms. The number of aryl methyl sites for hydroxylation is 1. The normalized spacial score (nSPS) is 16.6. The Balaban J connectivity index is 2.45. The van der Waals surface area contributed by atoms with Crippen molar-refractivity contribution in [3.8, 4) is 11.8 Å². The van der Waals surface area contributed by atoms with Crippen molar-refractivity contribution in [3.05, 3.63) is 151 Å². The van der Waals surface area contributed by atoms with Crippen LogP contribution >= 0.6 is 0 Å². The van der Waals surface area contributed by atoms with E-state index in [0.29, 0.717) is 0 Å². The minimum Gasteiger partial charge on any atom is -0.0991 e. The van der Waals surface area contributed by atoms with Gasteiger partial charge in [-0.2, -0.15) is 0 Å². The maximum Gasteiger partial charge on any atom is 0.0275 e. The number of hydrogen-bond acceptors (Lipinski definition) is 0. The molecule has 0 saturated heterocycles. The van der Waals surface area contributed by atoms with Gasteiger partial charge in [-0.25, -0.2) is 0 Å². The molecule has 1 aliphatic rings. The van der Waals surface area contributed by atoms with Gasteiger partial charge >= 0.3 is 0 Å². The second-order valence-electron chi connectivity index (χ2n) is 7.52. The Labute approximate surface area is 194 Å². The Kier molecular flexibility index (Phi) is 9.76. The lowest BCUT2D eigenvalue weighted by Crippen LogP contribution is -1.96. The van der Waals surface area contributed by atoms with Crippen molar-refractivity contribution in [3.63, 3.8) is 0 Å². The second-order valence-corrected chi connectivity index (χ2v) is 7.52. The summed E-state index contributed by atoms with van der Waals surface area (Å²) in [6.07, 6.45) is 20.5. The van der Waals surface area contributed by atoms with Gasteiger partial charge in [-0.15, -0.1) is 0 Å². The number of hydrogen-bond donors (Lipinski definition) is 0. The van der Waals surface area contributed by atoms with E-state index < -0.39 is 0 Å².